The van der Waals surface area contributed by atoms with Crippen LogP contribution in [0.25, 0.3) is 28.3 Å². The number of fused-ring (bicyclic) bond motifs is 3. The summed E-state index contributed by atoms with van der Waals surface area (Å²) in [6.07, 6.45) is 0.674. The van der Waals surface area contributed by atoms with E-state index < -0.39 is 5.97 Å². The van der Waals surface area contributed by atoms with Crippen LogP contribution in [0, 0.1) is 12.7 Å². The van der Waals surface area contributed by atoms with Crippen LogP contribution in [0.15, 0.2) is 71.1 Å². The summed E-state index contributed by atoms with van der Waals surface area (Å²) in [6, 6.07) is 20.3. The van der Waals surface area contributed by atoms with Crippen LogP contribution < -0.4 is 44.1 Å². The van der Waals surface area contributed by atoms with Crippen LogP contribution in [0.3, 0.4) is 0 Å². The first-order valence-corrected chi connectivity index (χ1v) is 12.9. The first-order chi connectivity index (χ1) is 18.9. The van der Waals surface area contributed by atoms with E-state index >= 15 is 0 Å². The van der Waals surface area contributed by atoms with E-state index in [-0.39, 0.29) is 53.6 Å². The van der Waals surface area contributed by atoms with Gasteiger partial charge >= 0.3 is 29.6 Å². The molecule has 0 aliphatic carbocycles. The summed E-state index contributed by atoms with van der Waals surface area (Å²) in [7, 11) is 0. The third-order valence-corrected chi connectivity index (χ3v) is 7.56. The molecule has 7 nitrogen and oxygen atoms in total. The molecule has 3 aromatic carbocycles. The topological polar surface area (TPSA) is 89.5 Å². The molecule has 4 heterocycles. The van der Waals surface area contributed by atoms with Gasteiger partial charge in [0, 0.05) is 35.0 Å². The molecule has 0 fully saturated rings. The molecule has 0 amide bonds. The molecule has 2 aromatic heterocycles. The number of furan rings is 1. The number of carbonyl (C=O) groups is 1. The number of halogens is 1. The monoisotopic (exact) mass is 546 g/mol. The van der Waals surface area contributed by atoms with Gasteiger partial charge in [-0.3, -0.25) is 4.57 Å². The number of ether oxygens (including phenoxy) is 2. The Morgan fingerprint density at radius 2 is 1.88 bits per heavy atom. The minimum atomic E-state index is -1.07. The zero-order chi connectivity index (χ0) is 26.7. The molecular weight excluding hydrogens is 522 g/mol. The van der Waals surface area contributed by atoms with Gasteiger partial charge in [0.2, 0.25) is 0 Å². The van der Waals surface area contributed by atoms with Gasteiger partial charge in [-0.1, -0.05) is 24.3 Å². The predicted octanol–water partition coefficient (Wildman–Crippen LogP) is 2.07. The van der Waals surface area contributed by atoms with Crippen molar-refractivity contribution in [2.45, 2.75) is 31.6 Å². The van der Waals surface area contributed by atoms with Gasteiger partial charge < -0.3 is 23.8 Å². The molecule has 0 N–H and O–H groups in total. The Kier molecular flexibility index (Phi) is 6.94. The largest absolute Gasteiger partial charge is 1.00 e. The molecular formula is C31H24FN2NaO5. The van der Waals surface area contributed by atoms with E-state index in [2.05, 4.69) is 6.07 Å². The summed E-state index contributed by atoms with van der Waals surface area (Å²) in [5.74, 6) is 1.89. The molecule has 0 bridgehead atoms. The van der Waals surface area contributed by atoms with E-state index in [1.54, 1.807) is 6.07 Å². The number of hydrogen-bond acceptors (Lipinski definition) is 6. The van der Waals surface area contributed by atoms with E-state index in [1.807, 2.05) is 54.0 Å². The van der Waals surface area contributed by atoms with Crippen molar-refractivity contribution in [3.05, 3.63) is 95.0 Å². The molecule has 5 aromatic rings. The van der Waals surface area contributed by atoms with Gasteiger partial charge in [-0.2, -0.15) is 0 Å². The molecule has 0 radical (unpaired) electrons. The molecule has 2 atom stereocenters. The van der Waals surface area contributed by atoms with Crippen LogP contribution in [-0.4, -0.2) is 28.7 Å². The molecule has 0 saturated carbocycles. The molecule has 196 valence electrons. The fraction of sp³-hybridized carbons (Fsp3) is 0.226. The Balaban J connectivity index is 0.00000289. The van der Waals surface area contributed by atoms with E-state index in [4.69, 9.17) is 18.9 Å². The number of aliphatic carboxylic acids is 1. The summed E-state index contributed by atoms with van der Waals surface area (Å²) in [5, 5.41) is 11.1. The molecule has 0 spiro atoms. The smallest absolute Gasteiger partial charge is 0.550 e. The van der Waals surface area contributed by atoms with Crippen molar-refractivity contribution in [1.82, 2.24) is 9.55 Å². The van der Waals surface area contributed by atoms with Gasteiger partial charge in [-0.25, -0.2) is 9.37 Å². The number of aryl methyl sites for hydroxylation is 1. The maximum absolute atomic E-state index is 14.4. The Morgan fingerprint density at radius 1 is 1.02 bits per heavy atom. The summed E-state index contributed by atoms with van der Waals surface area (Å²) >= 11 is 0. The van der Waals surface area contributed by atoms with E-state index in [9.17, 15) is 14.3 Å². The minimum Gasteiger partial charge on any atom is -0.550 e. The fourth-order valence-electron chi connectivity index (χ4n) is 5.75. The zero-order valence-electron chi connectivity index (χ0n) is 22.1. The van der Waals surface area contributed by atoms with Crippen LogP contribution >= 0.6 is 0 Å². The van der Waals surface area contributed by atoms with E-state index in [0.29, 0.717) is 35.8 Å². The number of rotatable bonds is 6. The zero-order valence-corrected chi connectivity index (χ0v) is 24.1. The normalized spacial score (nSPS) is 17.1. The second-order valence-electron chi connectivity index (χ2n) is 10.2. The third-order valence-electron chi connectivity index (χ3n) is 7.56. The summed E-state index contributed by atoms with van der Waals surface area (Å²) in [4.78, 5) is 15.8. The standard InChI is InChI=1S/C31H25FN2O5.Na/c1-17-5-10-27(39-17)31-33-24-9-7-21(32)14-26(24)34(31)25-4-2-3-23-19(16-38-30(23)25)11-18-6-8-22-20(13-29(35)36)15-37-28(22)12-18;/h2-10,12,14,19-20H,11,13,15-16H2,1H3,(H,35,36);/q;+1/p-1/t19-,20-;/m1./s1. The van der Waals surface area contributed by atoms with Gasteiger partial charge in [-0.05, 0) is 61.7 Å². The SMILES string of the molecule is Cc1ccc(-c2nc3ccc(F)cc3n2-c2cccc3c2OC[C@H]3Cc2ccc3c(c2)OC[C@H]3CC(=O)[O-])o1.[Na+]. The Labute approximate surface area is 251 Å². The molecule has 40 heavy (non-hydrogen) atoms. The number of carboxylic acids is 1. The molecule has 2 aliphatic rings. The van der Waals surface area contributed by atoms with Crippen LogP contribution in [0.5, 0.6) is 11.5 Å². The van der Waals surface area contributed by atoms with Crippen molar-refractivity contribution < 1.29 is 57.7 Å². The molecule has 7 rings (SSSR count). The van der Waals surface area contributed by atoms with Gasteiger partial charge in [0.15, 0.2) is 11.6 Å². The number of aromatic nitrogens is 2. The van der Waals surface area contributed by atoms with Gasteiger partial charge in [0.05, 0.1) is 29.9 Å². The number of hydrogen-bond donors (Lipinski definition) is 0. The average molecular weight is 547 g/mol. The van der Waals surface area contributed by atoms with E-state index in [1.165, 1.54) is 12.1 Å². The number of carbonyl (C=O) groups excluding carboxylic acids is 1. The van der Waals surface area contributed by atoms with Crippen LogP contribution in [0.2, 0.25) is 0 Å². The van der Waals surface area contributed by atoms with Crippen molar-refractivity contribution in [2.75, 3.05) is 13.2 Å². The maximum atomic E-state index is 14.4. The number of benzene rings is 3. The van der Waals surface area contributed by atoms with Crippen LogP contribution in [0.1, 0.15) is 40.7 Å². The molecule has 9 heteroatoms. The molecule has 2 aliphatic heterocycles. The fourth-order valence-corrected chi connectivity index (χ4v) is 5.75. The summed E-state index contributed by atoms with van der Waals surface area (Å²) in [5.41, 5.74) is 5.10. The number of para-hydroxylation sites is 1. The van der Waals surface area contributed by atoms with Gasteiger partial charge in [0.1, 0.15) is 23.1 Å². The quantitative estimate of drug-likeness (QED) is 0.303. The maximum Gasteiger partial charge on any atom is 1.00 e. The number of carboxylic acid groups (broad SMARTS) is 1. The Morgan fingerprint density at radius 3 is 2.67 bits per heavy atom. The third kappa shape index (κ3) is 4.60. The average Bonchev–Trinajstić information content (AvgIpc) is 3.69. The van der Waals surface area contributed by atoms with Crippen molar-refractivity contribution in [3.8, 4) is 28.8 Å². The van der Waals surface area contributed by atoms with Gasteiger partial charge in [-0.15, -0.1) is 0 Å². The van der Waals surface area contributed by atoms with Crippen LogP contribution in [0.4, 0.5) is 4.39 Å². The van der Waals surface area contributed by atoms with Crippen molar-refractivity contribution in [2.24, 2.45) is 0 Å². The second-order valence-corrected chi connectivity index (χ2v) is 10.2. The Bertz CT molecular complexity index is 1760. The first kappa shape index (κ1) is 26.6. The number of imidazole rings is 1. The second kappa shape index (κ2) is 10.4. The number of nitrogens with zero attached hydrogens (tertiary/aromatic N) is 2. The van der Waals surface area contributed by atoms with Crippen molar-refractivity contribution >= 4 is 17.0 Å². The first-order valence-electron chi connectivity index (χ1n) is 12.9. The van der Waals surface area contributed by atoms with E-state index in [0.717, 1.165) is 46.1 Å². The molecule has 0 unspecified atom stereocenters. The Hall–Kier alpha value is -3.59. The van der Waals surface area contributed by atoms with Crippen LogP contribution in [-0.2, 0) is 11.2 Å². The molecule has 0 saturated heterocycles. The van der Waals surface area contributed by atoms with Crippen molar-refractivity contribution in [3.63, 3.8) is 0 Å². The minimum absolute atomic E-state index is 0. The predicted molar refractivity (Wildman–Crippen MR) is 140 cm³/mol. The van der Waals surface area contributed by atoms with Crippen molar-refractivity contribution in [1.29, 1.82) is 0 Å². The summed E-state index contributed by atoms with van der Waals surface area (Å²) in [6.45, 7) is 2.72. The summed E-state index contributed by atoms with van der Waals surface area (Å²) < 4.78 is 34.3. The van der Waals surface area contributed by atoms with Gasteiger partial charge in [0.25, 0.3) is 0 Å².